The number of aromatic nitrogens is 2. The summed E-state index contributed by atoms with van der Waals surface area (Å²) in [7, 11) is 1.62. The molecule has 0 aliphatic carbocycles. The Kier molecular flexibility index (Phi) is 8.21. The summed E-state index contributed by atoms with van der Waals surface area (Å²) in [6, 6.07) is 25.0. The lowest BCUT2D eigenvalue weighted by atomic mass is 10.1. The number of nitrogens with one attached hydrogen (secondary N) is 1. The zero-order valence-corrected chi connectivity index (χ0v) is 20.8. The Labute approximate surface area is 209 Å². The molecule has 0 fully saturated rings. The van der Waals surface area contributed by atoms with Crippen LogP contribution in [0, 0.1) is 0 Å². The van der Waals surface area contributed by atoms with E-state index in [1.807, 2.05) is 67.6 Å². The third kappa shape index (κ3) is 6.11. The Balaban J connectivity index is 1.48. The van der Waals surface area contributed by atoms with Crippen LogP contribution in [-0.4, -0.2) is 28.3 Å². The van der Waals surface area contributed by atoms with E-state index in [0.29, 0.717) is 22.6 Å². The van der Waals surface area contributed by atoms with Crippen LogP contribution in [-0.2, 0) is 17.8 Å². The Bertz CT molecular complexity index is 1350. The van der Waals surface area contributed by atoms with Crippen LogP contribution < -0.4 is 15.6 Å². The predicted molar refractivity (Wildman–Crippen MR) is 141 cm³/mol. The van der Waals surface area contributed by atoms with Crippen molar-refractivity contribution >= 4 is 28.6 Å². The van der Waals surface area contributed by atoms with E-state index in [1.165, 1.54) is 17.3 Å². The first-order valence-corrected chi connectivity index (χ1v) is 12.6. The van der Waals surface area contributed by atoms with Crippen LogP contribution in [0.4, 0.5) is 0 Å². The number of nitrogens with zero attached hydrogens (tertiary/aromatic N) is 2. The van der Waals surface area contributed by atoms with Gasteiger partial charge in [-0.1, -0.05) is 72.4 Å². The fraction of sp³-hybridized carbons (Fsp3) is 0.250. The van der Waals surface area contributed by atoms with Crippen molar-refractivity contribution in [1.82, 2.24) is 14.9 Å². The van der Waals surface area contributed by atoms with E-state index in [-0.39, 0.29) is 23.3 Å². The molecule has 0 spiro atoms. The van der Waals surface area contributed by atoms with Crippen molar-refractivity contribution in [3.63, 3.8) is 0 Å². The lowest BCUT2D eigenvalue weighted by Crippen LogP contribution is -2.29. The fourth-order valence-corrected chi connectivity index (χ4v) is 4.89. The van der Waals surface area contributed by atoms with Gasteiger partial charge < -0.3 is 10.1 Å². The zero-order valence-electron chi connectivity index (χ0n) is 19.9. The highest BCUT2D eigenvalue weighted by Crippen LogP contribution is 2.25. The lowest BCUT2D eigenvalue weighted by molar-refractivity contribution is -0.119. The molecule has 0 radical (unpaired) electrons. The van der Waals surface area contributed by atoms with Gasteiger partial charge in [0.1, 0.15) is 5.75 Å². The van der Waals surface area contributed by atoms with Crippen LogP contribution in [0.1, 0.15) is 30.5 Å². The van der Waals surface area contributed by atoms with Gasteiger partial charge in [0.2, 0.25) is 5.91 Å². The topological polar surface area (TPSA) is 73.2 Å². The molecule has 0 aliphatic rings. The molecule has 7 heteroatoms. The normalized spacial score (nSPS) is 11.8. The molecule has 35 heavy (non-hydrogen) atoms. The molecule has 0 bridgehead atoms. The van der Waals surface area contributed by atoms with E-state index in [2.05, 4.69) is 17.4 Å². The van der Waals surface area contributed by atoms with Crippen LogP contribution in [0.15, 0.2) is 88.8 Å². The van der Waals surface area contributed by atoms with E-state index >= 15 is 0 Å². The number of hydrogen-bond donors (Lipinski definition) is 1. The van der Waals surface area contributed by atoms with Crippen LogP contribution in [0.5, 0.6) is 5.75 Å². The van der Waals surface area contributed by atoms with Crippen molar-refractivity contribution in [1.29, 1.82) is 0 Å². The molecule has 1 atom stereocenters. The Morgan fingerprint density at radius 3 is 2.54 bits per heavy atom. The largest absolute Gasteiger partial charge is 0.496 e. The van der Waals surface area contributed by atoms with Gasteiger partial charge in [0.15, 0.2) is 5.16 Å². The molecular weight excluding hydrogens is 458 g/mol. The zero-order chi connectivity index (χ0) is 24.6. The number of amides is 1. The second-order valence-electron chi connectivity index (χ2n) is 8.28. The molecule has 1 N–H and O–H groups in total. The monoisotopic (exact) mass is 487 g/mol. The van der Waals surface area contributed by atoms with Gasteiger partial charge in [0, 0.05) is 12.1 Å². The number of thioether (sulfide) groups is 1. The molecule has 6 nitrogen and oxygen atoms in total. The van der Waals surface area contributed by atoms with Crippen molar-refractivity contribution in [3.05, 3.63) is 100 Å². The predicted octanol–water partition coefficient (Wildman–Crippen LogP) is 5.01. The smallest absolute Gasteiger partial charge is 0.262 e. The Hall–Kier alpha value is -3.58. The first-order valence-electron chi connectivity index (χ1n) is 11.7. The molecule has 0 aliphatic heterocycles. The summed E-state index contributed by atoms with van der Waals surface area (Å²) >= 11 is 1.29. The standard InChI is InChI=1S/C28H29N3O3S/c1-20(22-14-7-9-17-25(22)34-2)29-26(32)19-35-28-30-24-16-8-6-15-23(24)27(33)31(28)18-10-13-21-11-4-3-5-12-21/h3-9,11-12,14-17,20H,10,13,18-19H2,1-2H3,(H,29,32). The Morgan fingerprint density at radius 2 is 1.74 bits per heavy atom. The average molecular weight is 488 g/mol. The first kappa shape index (κ1) is 24.5. The van der Waals surface area contributed by atoms with Crippen LogP contribution in [0.25, 0.3) is 10.9 Å². The molecule has 180 valence electrons. The van der Waals surface area contributed by atoms with Crippen molar-refractivity contribution in [2.75, 3.05) is 12.9 Å². The van der Waals surface area contributed by atoms with E-state index in [0.717, 1.165) is 24.2 Å². The van der Waals surface area contributed by atoms with Crippen molar-refractivity contribution in [2.45, 2.75) is 37.5 Å². The molecule has 4 aromatic rings. The number of hydrogen-bond acceptors (Lipinski definition) is 5. The van der Waals surface area contributed by atoms with Gasteiger partial charge in [-0.15, -0.1) is 0 Å². The van der Waals surface area contributed by atoms with E-state index in [9.17, 15) is 9.59 Å². The minimum absolute atomic E-state index is 0.0750. The van der Waals surface area contributed by atoms with Gasteiger partial charge in [-0.2, -0.15) is 0 Å². The summed E-state index contributed by atoms with van der Waals surface area (Å²) in [5.74, 6) is 0.756. The van der Waals surface area contributed by atoms with Gasteiger partial charge in [0.25, 0.3) is 5.56 Å². The summed E-state index contributed by atoms with van der Waals surface area (Å²) < 4.78 is 7.11. The highest BCUT2D eigenvalue weighted by molar-refractivity contribution is 7.99. The maximum Gasteiger partial charge on any atom is 0.262 e. The number of methoxy groups -OCH3 is 1. The number of rotatable bonds is 10. The minimum Gasteiger partial charge on any atom is -0.496 e. The van der Waals surface area contributed by atoms with Gasteiger partial charge in [-0.3, -0.25) is 14.2 Å². The minimum atomic E-state index is -0.211. The molecule has 4 rings (SSSR count). The molecular formula is C28H29N3O3S. The maximum absolute atomic E-state index is 13.3. The third-order valence-electron chi connectivity index (χ3n) is 5.83. The van der Waals surface area contributed by atoms with Crippen LogP contribution in [0.2, 0.25) is 0 Å². The van der Waals surface area contributed by atoms with Crippen molar-refractivity contribution in [3.8, 4) is 5.75 Å². The molecule has 1 amide bonds. The molecule has 1 aromatic heterocycles. The quantitative estimate of drug-likeness (QED) is 0.252. The highest BCUT2D eigenvalue weighted by atomic mass is 32.2. The average Bonchev–Trinajstić information content (AvgIpc) is 2.89. The number of ether oxygens (including phenoxy) is 1. The van der Waals surface area contributed by atoms with E-state index in [1.54, 1.807) is 17.7 Å². The number of carbonyl (C=O) groups excluding carboxylic acids is 1. The number of carbonyl (C=O) groups is 1. The second-order valence-corrected chi connectivity index (χ2v) is 9.22. The van der Waals surface area contributed by atoms with E-state index < -0.39 is 0 Å². The SMILES string of the molecule is COc1ccccc1C(C)NC(=O)CSc1nc2ccccc2c(=O)n1CCCc1ccccc1. The Morgan fingerprint density at radius 1 is 1.03 bits per heavy atom. The molecule has 0 saturated carbocycles. The number of fused-ring (bicyclic) bond motifs is 1. The third-order valence-corrected chi connectivity index (χ3v) is 6.81. The first-order chi connectivity index (χ1) is 17.1. The molecule has 3 aromatic carbocycles. The van der Waals surface area contributed by atoms with Crippen LogP contribution in [0.3, 0.4) is 0 Å². The fourth-order valence-electron chi connectivity index (χ4n) is 4.06. The summed E-state index contributed by atoms with van der Waals surface area (Å²) in [5, 5.41) is 4.17. The van der Waals surface area contributed by atoms with Gasteiger partial charge in [0.05, 0.1) is 29.8 Å². The summed E-state index contributed by atoms with van der Waals surface area (Å²) in [6.07, 6.45) is 1.66. The van der Waals surface area contributed by atoms with Crippen molar-refractivity contribution in [2.24, 2.45) is 0 Å². The van der Waals surface area contributed by atoms with Gasteiger partial charge in [-0.25, -0.2) is 4.98 Å². The number of benzene rings is 3. The lowest BCUT2D eigenvalue weighted by Gasteiger charge is -2.17. The molecule has 1 unspecified atom stereocenters. The number of aryl methyl sites for hydroxylation is 1. The van der Waals surface area contributed by atoms with Gasteiger partial charge in [-0.05, 0) is 43.5 Å². The summed E-state index contributed by atoms with van der Waals surface area (Å²) in [5.41, 5.74) is 2.71. The molecule has 0 saturated heterocycles. The maximum atomic E-state index is 13.3. The van der Waals surface area contributed by atoms with Gasteiger partial charge >= 0.3 is 0 Å². The second kappa shape index (κ2) is 11.7. The van der Waals surface area contributed by atoms with Crippen LogP contribution >= 0.6 is 11.8 Å². The highest BCUT2D eigenvalue weighted by Gasteiger charge is 2.16. The summed E-state index contributed by atoms with van der Waals surface area (Å²) in [4.78, 5) is 30.8. The van der Waals surface area contributed by atoms with Crippen molar-refractivity contribution < 1.29 is 9.53 Å². The summed E-state index contributed by atoms with van der Waals surface area (Å²) in [6.45, 7) is 2.46. The van der Waals surface area contributed by atoms with E-state index in [4.69, 9.17) is 9.72 Å². The number of para-hydroxylation sites is 2. The molecule has 1 heterocycles.